The minimum absolute atomic E-state index is 0.0602. The Morgan fingerprint density at radius 3 is 2.76 bits per heavy atom. The predicted octanol–water partition coefficient (Wildman–Crippen LogP) is 1.32. The van der Waals surface area contributed by atoms with Crippen molar-refractivity contribution in [3.63, 3.8) is 0 Å². The van der Waals surface area contributed by atoms with E-state index < -0.39 is 0 Å². The second-order valence-electron chi connectivity index (χ2n) is 4.63. The third-order valence-electron chi connectivity index (χ3n) is 3.43. The summed E-state index contributed by atoms with van der Waals surface area (Å²) in [5, 5.41) is 0. The molecule has 1 amide bonds. The number of hydrogen-bond acceptors (Lipinski definition) is 3. The highest BCUT2D eigenvalue weighted by Gasteiger charge is 2.27. The number of likely N-dealkylation sites (tertiary alicyclic amines) is 2. The van der Waals surface area contributed by atoms with Crippen molar-refractivity contribution in [1.29, 1.82) is 0 Å². The number of methoxy groups -OCH3 is 1. The summed E-state index contributed by atoms with van der Waals surface area (Å²) < 4.78 is 4.75. The Morgan fingerprint density at radius 1 is 1.29 bits per heavy atom. The van der Waals surface area contributed by atoms with Gasteiger partial charge in [0.15, 0.2) is 0 Å². The van der Waals surface area contributed by atoms with Gasteiger partial charge in [-0.05, 0) is 38.8 Å². The molecule has 17 heavy (non-hydrogen) atoms. The zero-order chi connectivity index (χ0) is 12.1. The molecule has 0 bridgehead atoms. The summed E-state index contributed by atoms with van der Waals surface area (Å²) in [4.78, 5) is 15.6. The summed E-state index contributed by atoms with van der Waals surface area (Å²) in [6.07, 6.45) is 4.34. The molecule has 0 aromatic heterocycles. The van der Waals surface area contributed by atoms with Crippen molar-refractivity contribution in [3.05, 3.63) is 0 Å². The number of ether oxygens (including phenoxy) is 1. The van der Waals surface area contributed by atoms with Crippen LogP contribution in [0, 0.1) is 11.8 Å². The Morgan fingerprint density at radius 2 is 2.06 bits per heavy atom. The molecule has 0 aliphatic carbocycles. The molecule has 4 nitrogen and oxygen atoms in total. The Labute approximate surface area is 103 Å². The quantitative estimate of drug-likeness (QED) is 0.644. The van der Waals surface area contributed by atoms with Crippen LogP contribution >= 0.6 is 0 Å². The van der Waals surface area contributed by atoms with Gasteiger partial charge in [0.2, 0.25) is 0 Å². The fraction of sp³-hybridized carbons (Fsp3) is 0.769. The van der Waals surface area contributed by atoms with Crippen LogP contribution in [0.3, 0.4) is 0 Å². The lowest BCUT2D eigenvalue weighted by molar-refractivity contribution is 0.126. The van der Waals surface area contributed by atoms with Crippen LogP contribution in [-0.4, -0.2) is 55.2 Å². The first-order chi connectivity index (χ1) is 8.31. The van der Waals surface area contributed by atoms with Gasteiger partial charge in [-0.15, -0.1) is 0 Å². The molecular weight excluding hydrogens is 216 g/mol. The highest BCUT2D eigenvalue weighted by molar-refractivity contribution is 5.68. The predicted molar refractivity (Wildman–Crippen MR) is 65.6 cm³/mol. The summed E-state index contributed by atoms with van der Waals surface area (Å²) >= 11 is 0. The first-order valence-electron chi connectivity index (χ1n) is 6.36. The third kappa shape index (κ3) is 3.13. The van der Waals surface area contributed by atoms with Crippen LogP contribution in [0.25, 0.3) is 0 Å². The van der Waals surface area contributed by atoms with Crippen molar-refractivity contribution in [3.8, 4) is 11.8 Å². The highest BCUT2D eigenvalue weighted by atomic mass is 16.5. The molecule has 0 unspecified atom stereocenters. The van der Waals surface area contributed by atoms with Crippen LogP contribution in [0.2, 0.25) is 0 Å². The van der Waals surface area contributed by atoms with E-state index >= 15 is 0 Å². The molecule has 94 valence electrons. The van der Waals surface area contributed by atoms with Gasteiger partial charge in [-0.3, -0.25) is 9.80 Å². The number of carbonyl (C=O) groups excluding carboxylic acids is 1. The van der Waals surface area contributed by atoms with E-state index in [0.717, 1.165) is 25.9 Å². The first-order valence-corrected chi connectivity index (χ1v) is 6.36. The fourth-order valence-corrected chi connectivity index (χ4v) is 2.47. The Hall–Kier alpha value is -1.21. The van der Waals surface area contributed by atoms with Crippen LogP contribution in [0.4, 0.5) is 4.79 Å². The van der Waals surface area contributed by atoms with Gasteiger partial charge in [-0.2, -0.15) is 0 Å². The van der Waals surface area contributed by atoms with E-state index in [2.05, 4.69) is 16.7 Å². The normalized spacial score (nSPS) is 24.5. The van der Waals surface area contributed by atoms with E-state index in [1.54, 1.807) is 4.90 Å². The molecule has 0 radical (unpaired) electrons. The largest absolute Gasteiger partial charge is 0.453 e. The van der Waals surface area contributed by atoms with Gasteiger partial charge in [-0.1, -0.05) is 11.8 Å². The Kier molecular flexibility index (Phi) is 4.27. The molecule has 2 aliphatic rings. The molecular formula is C13H20N2O2. The van der Waals surface area contributed by atoms with Crippen molar-refractivity contribution in [2.75, 3.05) is 33.3 Å². The molecule has 2 heterocycles. The summed E-state index contributed by atoms with van der Waals surface area (Å²) in [5.41, 5.74) is 0. The van der Waals surface area contributed by atoms with Gasteiger partial charge in [0.05, 0.1) is 19.7 Å². The number of carbonyl (C=O) groups is 1. The van der Waals surface area contributed by atoms with E-state index in [-0.39, 0.29) is 12.1 Å². The summed E-state index contributed by atoms with van der Waals surface area (Å²) in [6, 6.07) is 0.0602. The monoisotopic (exact) mass is 236 g/mol. The molecule has 0 saturated carbocycles. The zero-order valence-corrected chi connectivity index (χ0v) is 10.4. The molecule has 2 fully saturated rings. The van der Waals surface area contributed by atoms with Crippen LogP contribution in [-0.2, 0) is 4.74 Å². The molecule has 0 aromatic rings. The molecule has 0 N–H and O–H groups in total. The van der Waals surface area contributed by atoms with E-state index in [1.165, 1.54) is 33.0 Å². The molecule has 2 saturated heterocycles. The van der Waals surface area contributed by atoms with Crippen LogP contribution in [0.1, 0.15) is 25.7 Å². The van der Waals surface area contributed by atoms with Crippen molar-refractivity contribution in [2.45, 2.75) is 31.7 Å². The van der Waals surface area contributed by atoms with Gasteiger partial charge >= 0.3 is 6.09 Å². The number of hydrogen-bond donors (Lipinski definition) is 0. The standard InChI is InChI=1S/C13H20N2O2/c1-17-13(16)15-11-5-7-12(15)6-4-10-14-8-2-3-9-14/h12H,2-3,5,7-11H2,1H3/t12-/m1/s1. The van der Waals surface area contributed by atoms with E-state index in [9.17, 15) is 4.79 Å². The van der Waals surface area contributed by atoms with Gasteiger partial charge in [0.1, 0.15) is 0 Å². The molecule has 2 aliphatic heterocycles. The average molecular weight is 236 g/mol. The van der Waals surface area contributed by atoms with E-state index in [4.69, 9.17) is 4.74 Å². The molecule has 4 heteroatoms. The maximum atomic E-state index is 11.5. The molecule has 2 rings (SSSR count). The molecule has 0 aromatic carbocycles. The van der Waals surface area contributed by atoms with Gasteiger partial charge in [-0.25, -0.2) is 4.79 Å². The van der Waals surface area contributed by atoms with Gasteiger partial charge in [0.25, 0.3) is 0 Å². The maximum Gasteiger partial charge on any atom is 0.410 e. The van der Waals surface area contributed by atoms with Gasteiger partial charge < -0.3 is 4.74 Å². The minimum Gasteiger partial charge on any atom is -0.453 e. The number of amides is 1. The lowest BCUT2D eigenvalue weighted by atomic mass is 10.2. The second kappa shape index (κ2) is 5.92. The van der Waals surface area contributed by atoms with Crippen molar-refractivity contribution in [2.24, 2.45) is 0 Å². The summed E-state index contributed by atoms with van der Waals surface area (Å²) in [5.74, 6) is 6.41. The first kappa shape index (κ1) is 12.3. The highest BCUT2D eigenvalue weighted by Crippen LogP contribution is 2.17. The zero-order valence-electron chi connectivity index (χ0n) is 10.4. The number of rotatable bonds is 1. The summed E-state index contributed by atoms with van der Waals surface area (Å²) in [7, 11) is 1.43. The van der Waals surface area contributed by atoms with Crippen molar-refractivity contribution < 1.29 is 9.53 Å². The van der Waals surface area contributed by atoms with Crippen LogP contribution in [0.15, 0.2) is 0 Å². The second-order valence-corrected chi connectivity index (χ2v) is 4.63. The van der Waals surface area contributed by atoms with Crippen LogP contribution in [0.5, 0.6) is 0 Å². The van der Waals surface area contributed by atoms with E-state index in [1.807, 2.05) is 0 Å². The topological polar surface area (TPSA) is 32.8 Å². The fourth-order valence-electron chi connectivity index (χ4n) is 2.47. The smallest absolute Gasteiger partial charge is 0.410 e. The SMILES string of the molecule is COC(=O)N1CCC[C@H]1C#CCN1CCCC1. The van der Waals surface area contributed by atoms with Crippen molar-refractivity contribution in [1.82, 2.24) is 9.80 Å². The maximum absolute atomic E-state index is 11.5. The molecule has 1 atom stereocenters. The lowest BCUT2D eigenvalue weighted by Gasteiger charge is -2.18. The van der Waals surface area contributed by atoms with Crippen LogP contribution < -0.4 is 0 Å². The summed E-state index contributed by atoms with van der Waals surface area (Å²) in [6.45, 7) is 3.95. The van der Waals surface area contributed by atoms with E-state index in [0.29, 0.717) is 0 Å². The minimum atomic E-state index is -0.247. The Balaban J connectivity index is 1.84. The van der Waals surface area contributed by atoms with Gasteiger partial charge in [0, 0.05) is 6.54 Å². The third-order valence-corrected chi connectivity index (χ3v) is 3.43. The average Bonchev–Trinajstić information content (AvgIpc) is 2.99. The molecule has 0 spiro atoms. The number of nitrogens with zero attached hydrogens (tertiary/aromatic N) is 2. The lowest BCUT2D eigenvalue weighted by Crippen LogP contribution is -2.34. The Bertz CT molecular complexity index is 326. The van der Waals surface area contributed by atoms with Crippen molar-refractivity contribution >= 4 is 6.09 Å².